The van der Waals surface area contributed by atoms with E-state index in [1.165, 1.54) is 4.90 Å². The van der Waals surface area contributed by atoms with Crippen LogP contribution in [-0.2, 0) is 41.9 Å². The Hall–Kier alpha value is -11.1. The summed E-state index contributed by atoms with van der Waals surface area (Å²) in [6.45, 7) is 9.95. The Kier molecular flexibility index (Phi) is 23.9. The lowest BCUT2D eigenvalue weighted by molar-refractivity contribution is -0.146. The maximum atomic E-state index is 13.1. The van der Waals surface area contributed by atoms with E-state index in [0.29, 0.717) is 52.9 Å². The van der Waals surface area contributed by atoms with Crippen molar-refractivity contribution >= 4 is 70.1 Å². The number of carboxylic acid groups (broad SMARTS) is 1. The molecule has 3 aliphatic heterocycles. The number of benzodiazepines with no additional fused rings is 3. The first-order chi connectivity index (χ1) is 46.3. The first kappa shape index (κ1) is 69.3. The Morgan fingerprint density at radius 3 is 1.46 bits per heavy atom. The standard InChI is InChI=1S/C24H22N4O3.C23H20N4O3.C17H17N3O.C11H20O3/c1-16-12-13-19(25-14-16)21-18-10-6-7-11-20(18)28(2)23(29)22(26-21)27-24(30)31-15-17-8-4-3-5-9-17;1-15-11-12-19(24-13-15)20-17-9-5-6-10-18(17)25-22(28)21(26-20)27-23(29)30-14-16-7-3-2-4-8-16;1-11-8-9-14(18-10-11)16-13-6-4-5-7-15(13)20(3)17(21)12(2)19-16;1-2-3-4-10(12)9(11(13)14)7-8-5-6-8/h3-14,22H,15H2,1-2H3,(H,27,30);2-13,21H,14H2,1H3,(H,25,28)(H,27,29);4-10,12H,1-3H3;8-10,12H,2-7H2,1H3,(H,13,14)/t;;;9-,10+/m...1/s1. The number of carbonyl (C=O) groups is 6. The SMILES string of the molecule is CCCC[C@H](O)[C@@H](CC1CC1)C(=O)O.Cc1ccc(C2=NC(C)C(=O)N(C)c3ccccc32)nc1.Cc1ccc(C2=NC(NC(=O)OCc3ccccc3)C(=O)N(C)c3ccccc32)nc1.Cc1ccc(C2=NC(NC(=O)OCc3ccccc3)C(=O)Nc3ccccc32)nc1. The number of ether oxygens (including phenoxy) is 2. The lowest BCUT2D eigenvalue weighted by Crippen LogP contribution is -2.46. The third-order valence-electron chi connectivity index (χ3n) is 16.1. The molecule has 1 fully saturated rings. The first-order valence-electron chi connectivity index (χ1n) is 31.9. The van der Waals surface area contributed by atoms with Crippen LogP contribution in [0.1, 0.15) is 114 Å². The van der Waals surface area contributed by atoms with Crippen molar-refractivity contribution < 1.29 is 48.5 Å². The van der Waals surface area contributed by atoms with Crippen LogP contribution in [0.3, 0.4) is 0 Å². The van der Waals surface area contributed by atoms with Crippen LogP contribution in [0.2, 0.25) is 0 Å². The molecular weight excluding hydrogens is 1210 g/mol. The van der Waals surface area contributed by atoms with Gasteiger partial charge in [0, 0.05) is 49.4 Å². The van der Waals surface area contributed by atoms with Crippen molar-refractivity contribution in [3.05, 3.63) is 250 Å². The van der Waals surface area contributed by atoms with Gasteiger partial charge in [-0.05, 0) is 111 Å². The highest BCUT2D eigenvalue weighted by Crippen LogP contribution is 2.37. The summed E-state index contributed by atoms with van der Waals surface area (Å²) in [6.07, 6.45) is 6.40. The van der Waals surface area contributed by atoms with Crippen molar-refractivity contribution in [1.29, 1.82) is 0 Å². The van der Waals surface area contributed by atoms with E-state index in [9.17, 15) is 33.9 Å². The molecule has 5 amide bonds. The van der Waals surface area contributed by atoms with Crippen molar-refractivity contribution in [2.75, 3.05) is 29.2 Å². The van der Waals surface area contributed by atoms with E-state index < -0.39 is 54.5 Å². The molecule has 4 aliphatic rings. The molecule has 494 valence electrons. The zero-order valence-electron chi connectivity index (χ0n) is 54.8. The van der Waals surface area contributed by atoms with Crippen LogP contribution in [0.5, 0.6) is 0 Å². The lowest BCUT2D eigenvalue weighted by Gasteiger charge is -2.20. The molecule has 5 N–H and O–H groups in total. The molecule has 3 unspecified atom stereocenters. The number of pyridine rings is 3. The number of aliphatic imine (C=N–C) groups is 3. The summed E-state index contributed by atoms with van der Waals surface area (Å²) in [5.41, 5.74) is 13.2. The number of likely N-dealkylation sites (N-methyl/N-ethyl adjacent to an activating group) is 2. The normalized spacial score (nSPS) is 16.7. The van der Waals surface area contributed by atoms with Gasteiger partial charge in [-0.25, -0.2) is 19.6 Å². The van der Waals surface area contributed by atoms with Gasteiger partial charge in [0.15, 0.2) is 0 Å². The van der Waals surface area contributed by atoms with Crippen molar-refractivity contribution in [2.45, 2.75) is 111 Å². The number of aliphatic hydroxyl groups excluding tert-OH is 1. The number of nitrogens with zero attached hydrogens (tertiary/aromatic N) is 8. The summed E-state index contributed by atoms with van der Waals surface area (Å²) in [6, 6.07) is 52.3. The number of anilines is 3. The van der Waals surface area contributed by atoms with Gasteiger partial charge < -0.3 is 34.8 Å². The Labute approximate surface area is 558 Å². The minimum atomic E-state index is -1.15. The third-order valence-corrected chi connectivity index (χ3v) is 16.1. The quantitative estimate of drug-likeness (QED) is 0.0602. The summed E-state index contributed by atoms with van der Waals surface area (Å²) < 4.78 is 10.5. The molecule has 0 spiro atoms. The van der Waals surface area contributed by atoms with E-state index in [4.69, 9.17) is 14.6 Å². The molecule has 6 heterocycles. The Bertz CT molecular complexity index is 4110. The second-order valence-electron chi connectivity index (χ2n) is 23.7. The number of hydrogen-bond acceptors (Lipinski definition) is 15. The van der Waals surface area contributed by atoms with E-state index >= 15 is 0 Å². The first-order valence-corrected chi connectivity index (χ1v) is 31.9. The molecule has 21 heteroatoms. The van der Waals surface area contributed by atoms with Crippen LogP contribution in [0.15, 0.2) is 203 Å². The fraction of sp³-hybridized carbons (Fsp3) is 0.280. The summed E-state index contributed by atoms with van der Waals surface area (Å²) in [5.74, 6) is -1.64. The molecule has 5 aromatic carbocycles. The van der Waals surface area contributed by atoms with Crippen molar-refractivity contribution in [3.8, 4) is 0 Å². The van der Waals surface area contributed by atoms with Gasteiger partial charge in [-0.2, -0.15) is 0 Å². The fourth-order valence-electron chi connectivity index (χ4n) is 10.6. The molecule has 0 bridgehead atoms. The number of aliphatic carboxylic acids is 1. The predicted octanol–water partition coefficient (Wildman–Crippen LogP) is 11.5. The molecule has 0 radical (unpaired) electrons. The summed E-state index contributed by atoms with van der Waals surface area (Å²) in [5, 5.41) is 26.6. The third kappa shape index (κ3) is 18.6. The molecular formula is C75H79N11O10. The number of aliphatic hydroxyl groups is 1. The summed E-state index contributed by atoms with van der Waals surface area (Å²) in [4.78, 5) is 104. The van der Waals surface area contributed by atoms with Crippen molar-refractivity contribution in [3.63, 3.8) is 0 Å². The summed E-state index contributed by atoms with van der Waals surface area (Å²) >= 11 is 0. The number of rotatable bonds is 16. The molecule has 8 aromatic rings. The van der Waals surface area contributed by atoms with Crippen LogP contribution in [-0.4, -0.2) is 117 Å². The number of fused-ring (bicyclic) bond motifs is 3. The van der Waals surface area contributed by atoms with E-state index in [-0.39, 0.29) is 25.0 Å². The number of para-hydroxylation sites is 3. The Morgan fingerprint density at radius 1 is 0.562 bits per heavy atom. The molecule has 1 saturated carbocycles. The smallest absolute Gasteiger partial charge is 0.409 e. The second kappa shape index (κ2) is 33.2. The predicted molar refractivity (Wildman–Crippen MR) is 369 cm³/mol. The minimum Gasteiger partial charge on any atom is -0.481 e. The van der Waals surface area contributed by atoms with Gasteiger partial charge in [0.1, 0.15) is 19.3 Å². The van der Waals surface area contributed by atoms with Gasteiger partial charge in [-0.1, -0.05) is 166 Å². The molecule has 21 nitrogen and oxygen atoms in total. The number of nitrogens with one attached hydrogen (secondary N) is 3. The van der Waals surface area contributed by atoms with Gasteiger partial charge >= 0.3 is 18.2 Å². The number of aromatic nitrogens is 3. The molecule has 3 aromatic heterocycles. The van der Waals surface area contributed by atoms with Gasteiger partial charge in [-0.15, -0.1) is 0 Å². The second-order valence-corrected chi connectivity index (χ2v) is 23.7. The van der Waals surface area contributed by atoms with Gasteiger partial charge in [0.25, 0.3) is 17.7 Å². The number of aryl methyl sites for hydroxylation is 3. The van der Waals surface area contributed by atoms with Crippen molar-refractivity contribution in [1.82, 2.24) is 25.6 Å². The maximum Gasteiger partial charge on any atom is 0.409 e. The van der Waals surface area contributed by atoms with Gasteiger partial charge in [0.05, 0.1) is 63.3 Å². The Balaban J connectivity index is 0.000000156. The largest absolute Gasteiger partial charge is 0.481 e. The highest BCUT2D eigenvalue weighted by molar-refractivity contribution is 6.21. The fourth-order valence-corrected chi connectivity index (χ4v) is 10.6. The topological polar surface area (TPSA) is 280 Å². The zero-order valence-corrected chi connectivity index (χ0v) is 54.8. The van der Waals surface area contributed by atoms with Crippen LogP contribution in [0.25, 0.3) is 0 Å². The zero-order chi connectivity index (χ0) is 68.3. The number of unbranched alkanes of at least 4 members (excludes halogenated alkanes) is 1. The number of carboxylic acids is 1. The molecule has 12 rings (SSSR count). The number of amides is 5. The number of carbonyl (C=O) groups excluding carboxylic acids is 5. The van der Waals surface area contributed by atoms with E-state index in [0.717, 1.165) is 87.3 Å². The van der Waals surface area contributed by atoms with Crippen LogP contribution in [0.4, 0.5) is 26.7 Å². The minimum absolute atomic E-state index is 0.00967. The highest BCUT2D eigenvalue weighted by atomic mass is 16.6. The molecule has 1 aliphatic carbocycles. The summed E-state index contributed by atoms with van der Waals surface area (Å²) in [7, 11) is 3.45. The van der Waals surface area contributed by atoms with Crippen molar-refractivity contribution in [2.24, 2.45) is 26.8 Å². The van der Waals surface area contributed by atoms with Gasteiger partial charge in [-0.3, -0.25) is 49.8 Å². The number of benzene rings is 5. The van der Waals surface area contributed by atoms with E-state index in [1.807, 2.05) is 205 Å². The lowest BCUT2D eigenvalue weighted by atomic mass is 9.92. The van der Waals surface area contributed by atoms with E-state index in [1.54, 1.807) is 37.5 Å². The maximum absolute atomic E-state index is 13.1. The van der Waals surface area contributed by atoms with Crippen LogP contribution < -0.4 is 25.8 Å². The monoisotopic (exact) mass is 1290 g/mol. The molecule has 96 heavy (non-hydrogen) atoms. The van der Waals surface area contributed by atoms with Gasteiger partial charge in [0.2, 0.25) is 12.3 Å². The van der Waals surface area contributed by atoms with E-state index in [2.05, 4.69) is 45.9 Å². The van der Waals surface area contributed by atoms with Crippen LogP contribution in [0, 0.1) is 32.6 Å². The average molecular weight is 1290 g/mol. The Morgan fingerprint density at radius 2 is 0.990 bits per heavy atom. The van der Waals surface area contributed by atoms with Crippen LogP contribution >= 0.6 is 0 Å². The number of alkyl carbamates (subject to hydrolysis) is 2. The molecule has 0 saturated heterocycles. The number of hydrogen-bond donors (Lipinski definition) is 5. The highest BCUT2D eigenvalue weighted by Gasteiger charge is 2.35. The average Bonchev–Trinajstić information content (AvgIpc) is 1.66. The molecule has 5 atom stereocenters.